The first kappa shape index (κ1) is 14.4. The van der Waals surface area contributed by atoms with E-state index in [2.05, 4.69) is 35.6 Å². The Bertz CT molecular complexity index is 701. The van der Waals surface area contributed by atoms with Crippen molar-refractivity contribution in [3.63, 3.8) is 0 Å². The van der Waals surface area contributed by atoms with Gasteiger partial charge in [-0.15, -0.1) is 11.3 Å². The molecule has 0 radical (unpaired) electrons. The zero-order chi connectivity index (χ0) is 15.3. The summed E-state index contributed by atoms with van der Waals surface area (Å²) >= 11 is 1.78. The zero-order valence-electron chi connectivity index (χ0n) is 13.6. The number of anilines is 1. The van der Waals surface area contributed by atoms with Gasteiger partial charge in [-0.05, 0) is 38.2 Å². The van der Waals surface area contributed by atoms with Crippen molar-refractivity contribution in [3.05, 3.63) is 16.8 Å². The fourth-order valence-electron chi connectivity index (χ4n) is 3.52. The second-order valence-corrected chi connectivity index (χ2v) is 8.36. The van der Waals surface area contributed by atoms with Crippen molar-refractivity contribution in [2.24, 2.45) is 5.92 Å². The van der Waals surface area contributed by atoms with Crippen molar-refractivity contribution in [2.75, 3.05) is 18.0 Å². The predicted octanol–water partition coefficient (Wildman–Crippen LogP) is 3.78. The molecule has 0 amide bonds. The van der Waals surface area contributed by atoms with Crippen LogP contribution in [0.4, 0.5) is 5.82 Å². The fraction of sp³-hybridized carbons (Fsp3) is 0.647. The SMILES string of the molecule is CC1CCN(c2ncnc3sc4c(c23)CC(C)(C)OC4)CC1. The molecule has 2 aliphatic heterocycles. The largest absolute Gasteiger partial charge is 0.370 e. The van der Waals surface area contributed by atoms with Crippen LogP contribution in [0.2, 0.25) is 0 Å². The lowest BCUT2D eigenvalue weighted by Crippen LogP contribution is -2.34. The first-order chi connectivity index (χ1) is 10.5. The summed E-state index contributed by atoms with van der Waals surface area (Å²) in [4.78, 5) is 14.1. The summed E-state index contributed by atoms with van der Waals surface area (Å²) in [6.45, 7) is 9.62. The lowest BCUT2D eigenvalue weighted by atomic mass is 9.93. The van der Waals surface area contributed by atoms with Crippen LogP contribution >= 0.6 is 11.3 Å². The highest BCUT2D eigenvalue weighted by molar-refractivity contribution is 7.18. The molecule has 22 heavy (non-hydrogen) atoms. The molecule has 1 fully saturated rings. The van der Waals surface area contributed by atoms with E-state index in [1.165, 1.54) is 28.7 Å². The number of fused-ring (bicyclic) bond motifs is 3. The number of rotatable bonds is 1. The normalized spacial score (nSPS) is 22.0. The Labute approximate surface area is 135 Å². The second-order valence-electron chi connectivity index (χ2n) is 7.28. The van der Waals surface area contributed by atoms with Crippen molar-refractivity contribution < 1.29 is 4.74 Å². The maximum absolute atomic E-state index is 5.97. The molecule has 0 unspecified atom stereocenters. The number of ether oxygens (including phenoxy) is 1. The van der Waals surface area contributed by atoms with Crippen molar-refractivity contribution in [2.45, 2.75) is 52.2 Å². The van der Waals surface area contributed by atoms with Crippen LogP contribution in [0.25, 0.3) is 10.2 Å². The van der Waals surface area contributed by atoms with E-state index in [1.54, 1.807) is 17.7 Å². The van der Waals surface area contributed by atoms with Gasteiger partial charge in [-0.25, -0.2) is 9.97 Å². The van der Waals surface area contributed by atoms with Gasteiger partial charge in [0.2, 0.25) is 0 Å². The van der Waals surface area contributed by atoms with Crippen molar-refractivity contribution in [3.8, 4) is 0 Å². The predicted molar refractivity (Wildman–Crippen MR) is 90.6 cm³/mol. The molecule has 1 saturated heterocycles. The van der Waals surface area contributed by atoms with Crippen LogP contribution in [0.3, 0.4) is 0 Å². The molecule has 4 nitrogen and oxygen atoms in total. The Morgan fingerprint density at radius 1 is 1.27 bits per heavy atom. The molecule has 5 heteroatoms. The van der Waals surface area contributed by atoms with E-state index in [9.17, 15) is 0 Å². The summed E-state index contributed by atoms with van der Waals surface area (Å²) in [6, 6.07) is 0. The zero-order valence-corrected chi connectivity index (χ0v) is 14.4. The Kier molecular flexibility index (Phi) is 3.38. The van der Waals surface area contributed by atoms with Gasteiger partial charge < -0.3 is 9.64 Å². The Morgan fingerprint density at radius 3 is 2.82 bits per heavy atom. The highest BCUT2D eigenvalue weighted by Gasteiger charge is 2.31. The number of hydrogen-bond donors (Lipinski definition) is 0. The van der Waals surface area contributed by atoms with Crippen LogP contribution in [-0.4, -0.2) is 28.7 Å². The van der Waals surface area contributed by atoms with Crippen molar-refractivity contribution in [1.82, 2.24) is 9.97 Å². The Balaban J connectivity index is 1.81. The smallest absolute Gasteiger partial charge is 0.141 e. The van der Waals surface area contributed by atoms with E-state index in [0.717, 1.165) is 36.1 Å². The third-order valence-electron chi connectivity index (χ3n) is 4.93. The summed E-state index contributed by atoms with van der Waals surface area (Å²) in [5.74, 6) is 1.98. The van der Waals surface area contributed by atoms with Crippen LogP contribution < -0.4 is 4.90 Å². The molecule has 2 aromatic rings. The van der Waals surface area contributed by atoms with Crippen LogP contribution in [0, 0.1) is 5.92 Å². The summed E-state index contributed by atoms with van der Waals surface area (Å²) < 4.78 is 5.97. The highest BCUT2D eigenvalue weighted by Crippen LogP contribution is 2.41. The van der Waals surface area contributed by atoms with E-state index in [0.29, 0.717) is 6.61 Å². The Morgan fingerprint density at radius 2 is 2.05 bits per heavy atom. The van der Waals surface area contributed by atoms with Gasteiger partial charge in [-0.3, -0.25) is 0 Å². The van der Waals surface area contributed by atoms with Crippen molar-refractivity contribution >= 4 is 27.4 Å². The molecule has 0 aromatic carbocycles. The van der Waals surface area contributed by atoms with Crippen molar-refractivity contribution in [1.29, 1.82) is 0 Å². The summed E-state index contributed by atoms with van der Waals surface area (Å²) in [5, 5.41) is 1.29. The van der Waals surface area contributed by atoms with Gasteiger partial charge in [0.25, 0.3) is 0 Å². The quantitative estimate of drug-likeness (QED) is 0.802. The summed E-state index contributed by atoms with van der Waals surface area (Å²) in [6.07, 6.45) is 5.19. The van der Waals surface area contributed by atoms with Gasteiger partial charge in [0.05, 0.1) is 17.6 Å². The maximum Gasteiger partial charge on any atom is 0.141 e. The van der Waals surface area contributed by atoms with Gasteiger partial charge in [-0.1, -0.05) is 6.92 Å². The molecule has 0 bridgehead atoms. The van der Waals surface area contributed by atoms with Gasteiger partial charge >= 0.3 is 0 Å². The molecule has 4 heterocycles. The molecule has 0 aliphatic carbocycles. The third-order valence-corrected chi connectivity index (χ3v) is 6.04. The molecule has 0 spiro atoms. The minimum absolute atomic E-state index is 0.0927. The molecule has 118 valence electrons. The molecule has 0 N–H and O–H groups in total. The molecule has 2 aromatic heterocycles. The monoisotopic (exact) mass is 317 g/mol. The fourth-order valence-corrected chi connectivity index (χ4v) is 4.59. The van der Waals surface area contributed by atoms with E-state index < -0.39 is 0 Å². The molecule has 4 rings (SSSR count). The Hall–Kier alpha value is -1.20. The number of aromatic nitrogens is 2. The molecule has 0 saturated carbocycles. The summed E-state index contributed by atoms with van der Waals surface area (Å²) in [7, 11) is 0. The molecular weight excluding hydrogens is 294 g/mol. The van der Waals surface area contributed by atoms with Gasteiger partial charge in [0.1, 0.15) is 17.0 Å². The third kappa shape index (κ3) is 2.40. The van der Waals surface area contributed by atoms with Crippen LogP contribution in [0.1, 0.15) is 44.1 Å². The van der Waals surface area contributed by atoms with E-state index in [1.807, 2.05) is 0 Å². The first-order valence-electron chi connectivity index (χ1n) is 8.18. The van der Waals surface area contributed by atoms with Crippen LogP contribution in [-0.2, 0) is 17.8 Å². The highest BCUT2D eigenvalue weighted by atomic mass is 32.1. The summed E-state index contributed by atoms with van der Waals surface area (Å²) in [5.41, 5.74) is 1.33. The van der Waals surface area contributed by atoms with Crippen LogP contribution in [0.5, 0.6) is 0 Å². The van der Waals surface area contributed by atoms with Gasteiger partial charge in [0.15, 0.2) is 0 Å². The van der Waals surface area contributed by atoms with Gasteiger partial charge in [0, 0.05) is 24.4 Å². The number of piperidine rings is 1. The molecule has 0 atom stereocenters. The average molecular weight is 317 g/mol. The second kappa shape index (κ2) is 5.17. The number of thiophene rings is 1. The van der Waals surface area contributed by atoms with E-state index >= 15 is 0 Å². The number of hydrogen-bond acceptors (Lipinski definition) is 5. The standard InChI is InChI=1S/C17H23N3OS/c1-11-4-6-20(7-5-11)15-14-12-8-17(2,3)21-9-13(12)22-16(14)19-10-18-15/h10-11H,4-9H2,1-3H3. The molecule has 2 aliphatic rings. The lowest BCUT2D eigenvalue weighted by molar-refractivity contribution is -0.0379. The van der Waals surface area contributed by atoms with Crippen LogP contribution in [0.15, 0.2) is 6.33 Å². The topological polar surface area (TPSA) is 38.2 Å². The number of nitrogens with zero attached hydrogens (tertiary/aromatic N) is 3. The van der Waals surface area contributed by atoms with E-state index in [4.69, 9.17) is 4.74 Å². The molecular formula is C17H23N3OS. The first-order valence-corrected chi connectivity index (χ1v) is 8.99. The van der Waals surface area contributed by atoms with Gasteiger partial charge in [-0.2, -0.15) is 0 Å². The minimum Gasteiger partial charge on any atom is -0.370 e. The van der Waals surface area contributed by atoms with E-state index in [-0.39, 0.29) is 5.60 Å². The minimum atomic E-state index is -0.0927. The average Bonchev–Trinajstić information content (AvgIpc) is 2.85. The lowest BCUT2D eigenvalue weighted by Gasteiger charge is -2.33. The maximum atomic E-state index is 5.97.